The van der Waals surface area contributed by atoms with Gasteiger partial charge in [0, 0.05) is 21.8 Å². The molecule has 0 fully saturated rings. The number of allylic oxidation sites excluding steroid dienone is 1. The number of halogens is 1. The minimum atomic E-state index is -0.759. The Bertz CT molecular complexity index is 1650. The predicted molar refractivity (Wildman–Crippen MR) is 192 cm³/mol. The molecule has 1 aromatic heterocycles. The van der Waals surface area contributed by atoms with Gasteiger partial charge in [-0.05, 0) is 88.0 Å². The molecule has 3 atom stereocenters. The number of nitrogens with zero attached hydrogens (tertiary/aromatic N) is 1. The van der Waals surface area contributed by atoms with Gasteiger partial charge in [0.05, 0.1) is 10.4 Å². The molecule has 3 unspecified atom stereocenters. The lowest BCUT2D eigenvalue weighted by Gasteiger charge is -2.53. The van der Waals surface area contributed by atoms with Crippen LogP contribution in [0.5, 0.6) is 0 Å². The molecule has 1 N–H and O–H groups in total. The first kappa shape index (κ1) is 32.8. The van der Waals surface area contributed by atoms with Crippen LogP contribution in [0.15, 0.2) is 72.8 Å². The average molecular weight is 612 g/mol. The highest BCUT2D eigenvalue weighted by atomic mass is 35.5. The molecule has 3 aromatic carbocycles. The summed E-state index contributed by atoms with van der Waals surface area (Å²) in [7, 11) is 0. The number of fused-ring (bicyclic) bond motifs is 3. The molecular weight excluding hydrogens is 558 g/mol. The fourth-order valence-corrected chi connectivity index (χ4v) is 8.27. The van der Waals surface area contributed by atoms with Crippen LogP contribution in [-0.2, 0) is 16.4 Å². The summed E-state index contributed by atoms with van der Waals surface area (Å²) in [4.78, 5) is -0.695. The minimum absolute atomic E-state index is 0.0179. The quantitative estimate of drug-likeness (QED) is 0.228. The van der Waals surface area contributed by atoms with Gasteiger partial charge in [0.15, 0.2) is 0 Å². The van der Waals surface area contributed by atoms with E-state index in [1.165, 1.54) is 21.9 Å². The van der Waals surface area contributed by atoms with Crippen molar-refractivity contribution >= 4 is 39.0 Å². The summed E-state index contributed by atoms with van der Waals surface area (Å²) in [5.41, 5.74) is 5.99. The number of aromatic nitrogens is 1. The van der Waals surface area contributed by atoms with E-state index >= 15 is 0 Å². The van der Waals surface area contributed by atoms with E-state index in [-0.39, 0.29) is 21.7 Å². The smallest absolute Gasteiger partial charge is 0.103 e. The lowest BCUT2D eigenvalue weighted by Crippen LogP contribution is -2.55. The second-order valence-corrected chi connectivity index (χ2v) is 18.4. The second-order valence-electron chi connectivity index (χ2n) is 17.7. The van der Waals surface area contributed by atoms with E-state index in [9.17, 15) is 5.11 Å². The highest BCUT2D eigenvalue weighted by molar-refractivity contribution is 6.26. The molecule has 236 valence electrons. The fraction of sp³-hybridized carbons (Fsp3) is 0.512. The molecular formula is C41H54ClNO. The van der Waals surface area contributed by atoms with E-state index in [0.29, 0.717) is 6.42 Å². The van der Waals surface area contributed by atoms with Gasteiger partial charge in [-0.3, -0.25) is 0 Å². The van der Waals surface area contributed by atoms with E-state index in [2.05, 4.69) is 142 Å². The van der Waals surface area contributed by atoms with Crippen LogP contribution in [0.4, 0.5) is 0 Å². The molecule has 1 aliphatic carbocycles. The number of aliphatic hydroxyl groups excluding tert-OH is 1. The number of benzene rings is 3. The fourth-order valence-electron chi connectivity index (χ4n) is 7.82. The van der Waals surface area contributed by atoms with Gasteiger partial charge in [0.2, 0.25) is 0 Å². The largest absolute Gasteiger partial charge is 0.386 e. The summed E-state index contributed by atoms with van der Waals surface area (Å²) in [6, 6.07) is 24.2. The number of hydrogen-bond donors (Lipinski definition) is 1. The number of alkyl halides is 1. The van der Waals surface area contributed by atoms with Crippen molar-refractivity contribution in [3.05, 3.63) is 89.5 Å². The molecule has 3 heteroatoms. The Morgan fingerprint density at radius 1 is 0.750 bits per heavy atom. The van der Waals surface area contributed by atoms with Gasteiger partial charge in [-0.1, -0.05) is 125 Å². The van der Waals surface area contributed by atoms with Crippen molar-refractivity contribution in [3.63, 3.8) is 0 Å². The van der Waals surface area contributed by atoms with Crippen molar-refractivity contribution < 1.29 is 5.11 Å². The third-order valence-electron chi connectivity index (χ3n) is 10.1. The molecule has 4 aromatic rings. The maximum Gasteiger partial charge on any atom is 0.103 e. The van der Waals surface area contributed by atoms with Gasteiger partial charge in [0.1, 0.15) is 6.10 Å². The molecule has 1 aliphatic rings. The number of aliphatic hydroxyl groups is 1. The van der Waals surface area contributed by atoms with E-state index in [0.717, 1.165) is 28.6 Å². The summed E-state index contributed by atoms with van der Waals surface area (Å²) < 4.78 is 2.43. The maximum atomic E-state index is 12.6. The molecule has 1 heterocycles. The van der Waals surface area contributed by atoms with Crippen molar-refractivity contribution in [1.82, 2.24) is 4.57 Å². The van der Waals surface area contributed by atoms with Gasteiger partial charge in [0.25, 0.3) is 0 Å². The van der Waals surface area contributed by atoms with Gasteiger partial charge in [-0.15, -0.1) is 11.6 Å². The molecule has 0 radical (unpaired) electrons. The zero-order valence-corrected chi connectivity index (χ0v) is 29.9. The number of rotatable bonds is 4. The van der Waals surface area contributed by atoms with Crippen LogP contribution in [0.3, 0.4) is 0 Å². The predicted octanol–water partition coefficient (Wildman–Crippen LogP) is 11.4. The minimum Gasteiger partial charge on any atom is -0.386 e. The van der Waals surface area contributed by atoms with Crippen LogP contribution in [0, 0.1) is 10.8 Å². The summed E-state index contributed by atoms with van der Waals surface area (Å²) in [5.74, 6) is 0. The highest BCUT2D eigenvalue weighted by Gasteiger charge is 2.55. The lowest BCUT2D eigenvalue weighted by molar-refractivity contribution is 0.0489. The van der Waals surface area contributed by atoms with Crippen molar-refractivity contribution in [2.75, 3.05) is 0 Å². The van der Waals surface area contributed by atoms with Crippen molar-refractivity contribution in [3.8, 4) is 0 Å². The van der Waals surface area contributed by atoms with Crippen molar-refractivity contribution in [2.24, 2.45) is 10.8 Å². The molecule has 44 heavy (non-hydrogen) atoms. The van der Waals surface area contributed by atoms with Gasteiger partial charge >= 0.3 is 0 Å². The van der Waals surface area contributed by atoms with E-state index in [4.69, 9.17) is 11.6 Å². The van der Waals surface area contributed by atoms with Crippen LogP contribution in [0.1, 0.15) is 113 Å². The van der Waals surface area contributed by atoms with E-state index < -0.39 is 16.5 Å². The third kappa shape index (κ3) is 5.67. The highest BCUT2D eigenvalue weighted by Crippen LogP contribution is 2.57. The Labute approximate surface area is 271 Å². The summed E-state index contributed by atoms with van der Waals surface area (Å²) >= 11 is 7.96. The molecule has 0 bridgehead atoms. The first-order chi connectivity index (χ1) is 20.1. The normalized spacial score (nSPS) is 23.8. The first-order valence-electron chi connectivity index (χ1n) is 16.3. The Kier molecular flexibility index (Phi) is 7.83. The summed E-state index contributed by atoms with van der Waals surface area (Å²) in [6.07, 6.45) is 2.99. The van der Waals surface area contributed by atoms with Crippen LogP contribution in [-0.4, -0.2) is 20.7 Å². The Morgan fingerprint density at radius 2 is 1.23 bits per heavy atom. The van der Waals surface area contributed by atoms with Crippen LogP contribution in [0.2, 0.25) is 0 Å². The number of hydrogen-bond acceptors (Lipinski definition) is 1. The van der Waals surface area contributed by atoms with Gasteiger partial charge in [-0.2, -0.15) is 0 Å². The monoisotopic (exact) mass is 611 g/mol. The Morgan fingerprint density at radius 3 is 1.66 bits per heavy atom. The Balaban J connectivity index is 1.85. The van der Waals surface area contributed by atoms with Gasteiger partial charge < -0.3 is 9.67 Å². The SMILES string of the molecule is CC(C)(C)CC(C)(C)C1(Cl)C=C(c2ccccc2)C(O)C(C)(n2c3ccc(C(C)(C)C)cc3c3cc(C(C)(C)C)ccc32)C1. The maximum absolute atomic E-state index is 12.6. The van der Waals surface area contributed by atoms with E-state index in [1.807, 2.05) is 18.2 Å². The van der Waals surface area contributed by atoms with Crippen molar-refractivity contribution in [1.29, 1.82) is 0 Å². The average Bonchev–Trinajstić information content (AvgIpc) is 3.23. The second kappa shape index (κ2) is 10.5. The summed E-state index contributed by atoms with van der Waals surface area (Å²) in [5, 5.41) is 15.0. The standard InChI is InChI=1S/C41H54ClNO/c1-36(2,3)25-39(10,11)41(42)24-32(27-16-14-13-15-17-27)35(44)40(12,26-41)43-33-20-18-28(37(4,5)6)22-30(33)31-23-29(38(7,8)9)19-21-34(31)43/h13-24,35,44H,25-26H2,1-12H3. The van der Waals surface area contributed by atoms with Crippen molar-refractivity contribution in [2.45, 2.75) is 123 Å². The zero-order valence-electron chi connectivity index (χ0n) is 29.2. The van der Waals surface area contributed by atoms with Gasteiger partial charge in [-0.25, -0.2) is 0 Å². The molecule has 2 nitrogen and oxygen atoms in total. The molecule has 0 amide bonds. The molecule has 0 saturated heterocycles. The molecule has 0 spiro atoms. The van der Waals surface area contributed by atoms with Crippen LogP contribution >= 0.6 is 11.6 Å². The molecule has 5 rings (SSSR count). The third-order valence-corrected chi connectivity index (χ3v) is 10.8. The zero-order chi connectivity index (χ0) is 32.7. The molecule has 0 aliphatic heterocycles. The topological polar surface area (TPSA) is 25.2 Å². The lowest BCUT2D eigenvalue weighted by atomic mass is 9.60. The molecule has 0 saturated carbocycles. The summed E-state index contributed by atoms with van der Waals surface area (Å²) in [6.45, 7) is 27.4. The first-order valence-corrected chi connectivity index (χ1v) is 16.7. The van der Waals surface area contributed by atoms with Crippen LogP contribution < -0.4 is 0 Å². The van der Waals surface area contributed by atoms with Crippen LogP contribution in [0.25, 0.3) is 27.4 Å². The van der Waals surface area contributed by atoms with E-state index in [1.54, 1.807) is 0 Å². The Hall–Kier alpha value is -2.55.